The van der Waals surface area contributed by atoms with Crippen LogP contribution in [0.3, 0.4) is 0 Å². The first-order valence-corrected chi connectivity index (χ1v) is 7.67. The van der Waals surface area contributed by atoms with Gasteiger partial charge in [0, 0.05) is 13.1 Å². The zero-order valence-corrected chi connectivity index (χ0v) is 14.5. The molecule has 1 atom stereocenters. The summed E-state index contributed by atoms with van der Waals surface area (Å²) in [5, 5.41) is 3.38. The van der Waals surface area contributed by atoms with Gasteiger partial charge in [0.2, 0.25) is 0 Å². The molecule has 0 radical (unpaired) electrons. The van der Waals surface area contributed by atoms with Crippen molar-refractivity contribution in [1.29, 1.82) is 0 Å². The molecule has 1 aliphatic heterocycles. The molecule has 0 amide bonds. The van der Waals surface area contributed by atoms with E-state index in [-0.39, 0.29) is 6.10 Å². The van der Waals surface area contributed by atoms with Crippen molar-refractivity contribution < 1.29 is 18.9 Å². The number of halogens is 1. The van der Waals surface area contributed by atoms with E-state index in [0.29, 0.717) is 18.1 Å². The monoisotopic (exact) mass is 359 g/mol. The lowest BCUT2D eigenvalue weighted by molar-refractivity contribution is -0.137. The van der Waals surface area contributed by atoms with E-state index in [0.717, 1.165) is 23.1 Å². The first kappa shape index (κ1) is 16.5. The molecule has 1 saturated heterocycles. The van der Waals surface area contributed by atoms with E-state index in [2.05, 4.69) is 21.2 Å². The van der Waals surface area contributed by atoms with E-state index < -0.39 is 5.79 Å². The van der Waals surface area contributed by atoms with Crippen molar-refractivity contribution in [2.24, 2.45) is 0 Å². The zero-order valence-electron chi connectivity index (χ0n) is 12.9. The van der Waals surface area contributed by atoms with E-state index in [1.807, 2.05) is 26.0 Å². The molecule has 0 saturated carbocycles. The second kappa shape index (κ2) is 6.96. The summed E-state index contributed by atoms with van der Waals surface area (Å²) in [4.78, 5) is 0. The highest BCUT2D eigenvalue weighted by Crippen LogP contribution is 2.36. The van der Waals surface area contributed by atoms with Crippen LogP contribution >= 0.6 is 15.9 Å². The number of hydrogen-bond acceptors (Lipinski definition) is 5. The molecule has 5 nitrogen and oxygen atoms in total. The van der Waals surface area contributed by atoms with Gasteiger partial charge in [-0.15, -0.1) is 0 Å². The highest BCUT2D eigenvalue weighted by atomic mass is 79.9. The Labute approximate surface area is 134 Å². The third kappa shape index (κ3) is 4.32. The number of methoxy groups -OCH3 is 2. The lowest BCUT2D eigenvalue weighted by Gasteiger charge is -2.17. The summed E-state index contributed by atoms with van der Waals surface area (Å²) in [5.74, 6) is 0.944. The molecule has 21 heavy (non-hydrogen) atoms. The Bertz CT molecular complexity index is 493. The van der Waals surface area contributed by atoms with Gasteiger partial charge in [0.15, 0.2) is 17.3 Å². The molecular formula is C15H22BrNO4. The van der Waals surface area contributed by atoms with Crippen LogP contribution in [0.1, 0.15) is 19.4 Å². The smallest absolute Gasteiger partial charge is 0.174 e. The highest BCUT2D eigenvalue weighted by Gasteiger charge is 2.32. The average Bonchev–Trinajstić information content (AvgIpc) is 2.77. The summed E-state index contributed by atoms with van der Waals surface area (Å²) in [7, 11) is 3.26. The Hall–Kier alpha value is -0.820. The van der Waals surface area contributed by atoms with Crippen molar-refractivity contribution in [3.05, 3.63) is 22.2 Å². The van der Waals surface area contributed by atoms with Crippen LogP contribution in [0.25, 0.3) is 0 Å². The summed E-state index contributed by atoms with van der Waals surface area (Å²) >= 11 is 3.49. The Morgan fingerprint density at radius 3 is 2.67 bits per heavy atom. The Morgan fingerprint density at radius 2 is 2.10 bits per heavy atom. The summed E-state index contributed by atoms with van der Waals surface area (Å²) in [6.45, 7) is 5.95. The summed E-state index contributed by atoms with van der Waals surface area (Å²) in [6, 6.07) is 3.98. The zero-order chi connectivity index (χ0) is 15.5. The van der Waals surface area contributed by atoms with Gasteiger partial charge in [-0.25, -0.2) is 0 Å². The van der Waals surface area contributed by atoms with Gasteiger partial charge in [0.05, 0.1) is 31.4 Å². The predicted molar refractivity (Wildman–Crippen MR) is 83.9 cm³/mol. The molecule has 0 spiro atoms. The van der Waals surface area contributed by atoms with Crippen LogP contribution in [-0.2, 0) is 16.0 Å². The normalized spacial score (nSPS) is 20.5. The van der Waals surface area contributed by atoms with E-state index in [9.17, 15) is 0 Å². The van der Waals surface area contributed by atoms with E-state index in [4.69, 9.17) is 18.9 Å². The van der Waals surface area contributed by atoms with Crippen LogP contribution < -0.4 is 14.8 Å². The second-order valence-electron chi connectivity index (χ2n) is 5.39. The maximum atomic E-state index is 5.75. The van der Waals surface area contributed by atoms with Gasteiger partial charge in [-0.2, -0.15) is 0 Å². The first-order chi connectivity index (χ1) is 9.95. The van der Waals surface area contributed by atoms with Crippen LogP contribution in [-0.4, -0.2) is 39.3 Å². The Kier molecular flexibility index (Phi) is 5.48. The number of ether oxygens (including phenoxy) is 4. The van der Waals surface area contributed by atoms with Crippen LogP contribution in [0.5, 0.6) is 11.5 Å². The van der Waals surface area contributed by atoms with Crippen LogP contribution in [0.4, 0.5) is 0 Å². The van der Waals surface area contributed by atoms with Gasteiger partial charge >= 0.3 is 0 Å². The van der Waals surface area contributed by atoms with Crippen molar-refractivity contribution >= 4 is 15.9 Å². The second-order valence-corrected chi connectivity index (χ2v) is 6.25. The molecular weight excluding hydrogens is 338 g/mol. The molecule has 118 valence electrons. The minimum absolute atomic E-state index is 0.0867. The van der Waals surface area contributed by atoms with E-state index in [1.54, 1.807) is 14.2 Å². The standard InChI is InChI=1S/C15H22BrNO4/c1-15(2)20-9-11(21-15)8-17-7-10-5-12(16)14(19-4)13(6-10)18-3/h5-6,11,17H,7-9H2,1-4H3. The third-order valence-corrected chi connectivity index (χ3v) is 3.85. The summed E-state index contributed by atoms with van der Waals surface area (Å²) in [5.41, 5.74) is 1.11. The molecule has 1 heterocycles. The minimum Gasteiger partial charge on any atom is -0.493 e. The molecule has 1 unspecified atom stereocenters. The molecule has 1 fully saturated rings. The van der Waals surface area contributed by atoms with E-state index >= 15 is 0 Å². The third-order valence-electron chi connectivity index (χ3n) is 3.26. The lowest BCUT2D eigenvalue weighted by Crippen LogP contribution is -2.30. The van der Waals surface area contributed by atoms with Crippen molar-refractivity contribution in [2.75, 3.05) is 27.4 Å². The minimum atomic E-state index is -0.474. The van der Waals surface area contributed by atoms with Gasteiger partial charge in [-0.05, 0) is 47.5 Å². The number of nitrogens with one attached hydrogen (secondary N) is 1. The number of hydrogen-bond donors (Lipinski definition) is 1. The molecule has 2 rings (SSSR count). The van der Waals surface area contributed by atoms with E-state index in [1.165, 1.54) is 0 Å². The SMILES string of the molecule is COc1cc(CNCC2COC(C)(C)O2)cc(Br)c1OC. The van der Waals surface area contributed by atoms with Gasteiger partial charge in [0.25, 0.3) is 0 Å². The van der Waals surface area contributed by atoms with Crippen molar-refractivity contribution in [2.45, 2.75) is 32.3 Å². The van der Waals surface area contributed by atoms with Crippen LogP contribution in [0.15, 0.2) is 16.6 Å². The maximum Gasteiger partial charge on any atom is 0.174 e. The average molecular weight is 360 g/mol. The summed E-state index contributed by atoms with van der Waals surface area (Å²) < 4.78 is 22.8. The molecule has 1 aromatic rings. The number of benzene rings is 1. The molecule has 1 aromatic carbocycles. The Morgan fingerprint density at radius 1 is 1.33 bits per heavy atom. The highest BCUT2D eigenvalue weighted by molar-refractivity contribution is 9.10. The largest absolute Gasteiger partial charge is 0.493 e. The molecule has 6 heteroatoms. The molecule has 0 aliphatic carbocycles. The quantitative estimate of drug-likeness (QED) is 0.846. The van der Waals surface area contributed by atoms with Crippen molar-refractivity contribution in [3.63, 3.8) is 0 Å². The fourth-order valence-electron chi connectivity index (χ4n) is 2.31. The topological polar surface area (TPSA) is 49.0 Å². The van der Waals surface area contributed by atoms with Crippen LogP contribution in [0, 0.1) is 0 Å². The fourth-order valence-corrected chi connectivity index (χ4v) is 2.97. The molecule has 1 aliphatic rings. The number of rotatable bonds is 6. The first-order valence-electron chi connectivity index (χ1n) is 6.88. The van der Waals surface area contributed by atoms with Gasteiger partial charge in [-0.3, -0.25) is 0 Å². The fraction of sp³-hybridized carbons (Fsp3) is 0.600. The van der Waals surface area contributed by atoms with Crippen LogP contribution in [0.2, 0.25) is 0 Å². The lowest BCUT2D eigenvalue weighted by atomic mass is 10.2. The Balaban J connectivity index is 1.90. The molecule has 0 aromatic heterocycles. The van der Waals surface area contributed by atoms with Crippen molar-refractivity contribution in [3.8, 4) is 11.5 Å². The molecule has 0 bridgehead atoms. The summed E-state index contributed by atoms with van der Waals surface area (Å²) in [6.07, 6.45) is 0.0867. The molecule has 1 N–H and O–H groups in total. The predicted octanol–water partition coefficient (Wildman–Crippen LogP) is 2.71. The van der Waals surface area contributed by atoms with Gasteiger partial charge in [-0.1, -0.05) is 0 Å². The van der Waals surface area contributed by atoms with Gasteiger partial charge in [0.1, 0.15) is 0 Å². The van der Waals surface area contributed by atoms with Gasteiger partial charge < -0.3 is 24.3 Å². The maximum absolute atomic E-state index is 5.75. The van der Waals surface area contributed by atoms with Crippen molar-refractivity contribution in [1.82, 2.24) is 5.32 Å².